The lowest BCUT2D eigenvalue weighted by molar-refractivity contribution is 1.53. The van der Waals surface area contributed by atoms with Crippen LogP contribution >= 0.6 is 22.6 Å². The minimum absolute atomic E-state index is 0.731. The van der Waals surface area contributed by atoms with Crippen molar-refractivity contribution in [1.82, 2.24) is 0 Å². The molecule has 0 saturated carbocycles. The van der Waals surface area contributed by atoms with E-state index >= 15 is 0 Å². The Balaban J connectivity index is 1.98. The molecule has 1 aliphatic heterocycles. The van der Waals surface area contributed by atoms with Crippen molar-refractivity contribution in [2.75, 3.05) is 12.0 Å². The summed E-state index contributed by atoms with van der Waals surface area (Å²) in [5, 5.41) is 0. The molecule has 0 spiro atoms. The van der Waals surface area contributed by atoms with Gasteiger partial charge in [0.2, 0.25) is 0 Å². The van der Waals surface area contributed by atoms with Crippen molar-refractivity contribution >= 4 is 32.5 Å². The van der Waals surface area contributed by atoms with E-state index < -0.39 is 0 Å². The summed E-state index contributed by atoms with van der Waals surface area (Å²) in [6, 6.07) is 0. The van der Waals surface area contributed by atoms with Gasteiger partial charge in [0, 0.05) is 0 Å². The Kier molecular flexibility index (Phi) is 2.25. The van der Waals surface area contributed by atoms with Crippen molar-refractivity contribution in [2.45, 2.75) is 10.8 Å². The van der Waals surface area contributed by atoms with Gasteiger partial charge in [-0.2, -0.15) is 0 Å². The molecule has 42 valence electrons. The van der Waals surface area contributed by atoms with Gasteiger partial charge < -0.3 is 0 Å². The fourth-order valence-electron chi connectivity index (χ4n) is 0.361. The third-order valence-electron chi connectivity index (χ3n) is 0.766. The average Bonchev–Trinajstić information content (AvgIpc) is 2.22. The Bertz CT molecular complexity index is 64.0. The highest BCUT2D eigenvalue weighted by Crippen LogP contribution is 2.51. The third kappa shape index (κ3) is 1.78. The number of thioether (sulfide) groups is 1. The molecule has 1 heterocycles. The van der Waals surface area contributed by atoms with Gasteiger partial charge in [-0.05, 0) is 5.75 Å². The van der Waals surface area contributed by atoms with Crippen LogP contribution in [0.3, 0.4) is 0 Å². The van der Waals surface area contributed by atoms with Crippen molar-refractivity contribution in [3.63, 3.8) is 0 Å². The molecule has 7 heavy (non-hydrogen) atoms. The number of rotatable bonds is 2. The third-order valence-corrected chi connectivity index (χ3v) is 7.31. The molecule has 0 aliphatic carbocycles. The van der Waals surface area contributed by atoms with Crippen LogP contribution in [-0.2, 0) is 9.93 Å². The molecular weight excluding hydrogens is 144 g/mol. The lowest BCUT2D eigenvalue weighted by Crippen LogP contribution is -1.77. The molecule has 1 rings (SSSR count). The molecule has 2 atom stereocenters. The van der Waals surface area contributed by atoms with Crippen LogP contribution in [0.4, 0.5) is 0 Å². The van der Waals surface area contributed by atoms with Crippen LogP contribution in [0, 0.1) is 0 Å². The van der Waals surface area contributed by atoms with Gasteiger partial charge in [0.1, 0.15) is 6.26 Å². The zero-order valence-corrected chi connectivity index (χ0v) is 6.96. The van der Waals surface area contributed by atoms with E-state index in [-0.39, 0.29) is 0 Å². The second kappa shape index (κ2) is 2.55. The van der Waals surface area contributed by atoms with E-state index in [0.29, 0.717) is 0 Å². The monoisotopic (exact) mass is 153 g/mol. The predicted octanol–water partition coefficient (Wildman–Crippen LogP) is 1.93. The highest BCUT2D eigenvalue weighted by Gasteiger charge is 2.49. The molecule has 0 aromatic carbocycles. The summed E-state index contributed by atoms with van der Waals surface area (Å²) in [5.41, 5.74) is 0. The molecule has 0 bridgehead atoms. The smallest absolute Gasteiger partial charge is 0.0889 e. The van der Waals surface area contributed by atoms with E-state index in [1.54, 1.807) is 0 Å². The maximum absolute atomic E-state index is 2.32. The standard InChI is InChI=1S/C4H9S3/c1-3-5-4-6-7(4)2/h4H,3H2,1-2H3/q+1. The van der Waals surface area contributed by atoms with Gasteiger partial charge in [0.15, 0.2) is 10.8 Å². The normalized spacial score (nSPS) is 38.6. The van der Waals surface area contributed by atoms with E-state index in [9.17, 15) is 0 Å². The van der Waals surface area contributed by atoms with Crippen LogP contribution in [0.5, 0.6) is 0 Å². The van der Waals surface area contributed by atoms with Crippen LogP contribution in [0.1, 0.15) is 6.92 Å². The topological polar surface area (TPSA) is 0 Å². The molecule has 0 radical (unpaired) electrons. The first-order valence-corrected chi connectivity index (χ1v) is 6.42. The second-order valence-corrected chi connectivity index (χ2v) is 7.90. The van der Waals surface area contributed by atoms with E-state index in [1.165, 1.54) is 5.75 Å². The van der Waals surface area contributed by atoms with Crippen LogP contribution < -0.4 is 0 Å². The second-order valence-electron chi connectivity index (χ2n) is 1.34. The maximum atomic E-state index is 2.32. The van der Waals surface area contributed by atoms with Crippen molar-refractivity contribution in [3.8, 4) is 0 Å². The summed E-state index contributed by atoms with van der Waals surface area (Å²) in [7, 11) is 2.84. The van der Waals surface area contributed by atoms with E-state index in [4.69, 9.17) is 0 Å². The minimum Gasteiger partial charge on any atom is -0.0889 e. The van der Waals surface area contributed by atoms with Crippen molar-refractivity contribution in [2.24, 2.45) is 0 Å². The van der Waals surface area contributed by atoms with Crippen molar-refractivity contribution < 1.29 is 0 Å². The zero-order chi connectivity index (χ0) is 5.28. The molecule has 2 unspecified atom stereocenters. The molecule has 0 N–H and O–H groups in total. The first-order valence-electron chi connectivity index (χ1n) is 2.28. The molecule has 1 aliphatic rings. The average molecular weight is 153 g/mol. The Morgan fingerprint density at radius 2 is 2.43 bits per heavy atom. The summed E-state index contributed by atoms with van der Waals surface area (Å²) >= 11 is 2.08. The summed E-state index contributed by atoms with van der Waals surface area (Å²) in [4.78, 5) is 0. The van der Waals surface area contributed by atoms with Crippen LogP contribution in [0.25, 0.3) is 0 Å². The molecule has 0 nitrogen and oxygen atoms in total. The molecule has 0 aromatic rings. The fraction of sp³-hybridized carbons (Fsp3) is 1.00. The van der Waals surface area contributed by atoms with Crippen LogP contribution in [0.15, 0.2) is 0 Å². The van der Waals surface area contributed by atoms with Gasteiger partial charge >= 0.3 is 0 Å². The van der Waals surface area contributed by atoms with Crippen molar-refractivity contribution in [3.05, 3.63) is 0 Å². The Labute approximate surface area is 55.6 Å². The minimum atomic E-state index is 0.731. The van der Waals surface area contributed by atoms with E-state index in [1.807, 2.05) is 0 Å². The van der Waals surface area contributed by atoms with Crippen LogP contribution in [-0.4, -0.2) is 15.9 Å². The maximum Gasteiger partial charge on any atom is 0.267 e. The summed E-state index contributed by atoms with van der Waals surface area (Å²) in [5.74, 6) is 1.29. The van der Waals surface area contributed by atoms with E-state index in [2.05, 4.69) is 35.7 Å². The molecule has 1 fully saturated rings. The molecule has 0 amide bonds. The first kappa shape index (κ1) is 6.17. The lowest BCUT2D eigenvalue weighted by Gasteiger charge is -1.76. The predicted molar refractivity (Wildman–Crippen MR) is 42.8 cm³/mol. The summed E-state index contributed by atoms with van der Waals surface area (Å²) in [6.07, 6.45) is 2.32. The largest absolute Gasteiger partial charge is 0.267 e. The molecule has 3 heteroatoms. The Hall–Kier alpha value is 1.05. The molecule has 0 aromatic heterocycles. The first-order chi connectivity index (χ1) is 3.34. The molecule has 1 saturated heterocycles. The lowest BCUT2D eigenvalue weighted by atomic mass is 11.0. The van der Waals surface area contributed by atoms with Gasteiger partial charge in [-0.3, -0.25) is 0 Å². The zero-order valence-electron chi connectivity index (χ0n) is 4.51. The number of hydrogen-bond donors (Lipinski definition) is 0. The summed E-state index contributed by atoms with van der Waals surface area (Å²) in [6.45, 7) is 2.22. The number of hydrogen-bond acceptors (Lipinski definition) is 2. The van der Waals surface area contributed by atoms with E-state index in [0.717, 1.165) is 13.8 Å². The van der Waals surface area contributed by atoms with Gasteiger partial charge in [0.25, 0.3) is 3.91 Å². The van der Waals surface area contributed by atoms with Gasteiger partial charge in [0.05, 0.1) is 9.93 Å². The van der Waals surface area contributed by atoms with Gasteiger partial charge in [-0.25, -0.2) is 0 Å². The summed E-state index contributed by atoms with van der Waals surface area (Å²) < 4.78 is 0.977. The van der Waals surface area contributed by atoms with Gasteiger partial charge in [-0.1, -0.05) is 18.7 Å². The van der Waals surface area contributed by atoms with Crippen molar-refractivity contribution in [1.29, 1.82) is 0 Å². The highest BCUT2D eigenvalue weighted by molar-refractivity contribution is 8.93. The quantitative estimate of drug-likeness (QED) is 0.338. The Morgan fingerprint density at radius 1 is 1.86 bits per heavy atom. The fourth-order valence-corrected chi connectivity index (χ4v) is 6.07. The SMILES string of the molecule is CCSC1S[S+]1C. The molecular formula is C4H9S3+. The van der Waals surface area contributed by atoms with Gasteiger partial charge in [-0.15, -0.1) is 0 Å². The Morgan fingerprint density at radius 3 is 2.57 bits per heavy atom. The van der Waals surface area contributed by atoms with Crippen LogP contribution in [0.2, 0.25) is 0 Å². The highest BCUT2D eigenvalue weighted by atomic mass is 33.2.